The molecule has 1 amide bonds. The first kappa shape index (κ1) is 18.8. The second kappa shape index (κ2) is 7.73. The van der Waals surface area contributed by atoms with Crippen LogP contribution in [0, 0.1) is 15.9 Å². The van der Waals surface area contributed by atoms with E-state index >= 15 is 0 Å². The molecule has 3 aromatic rings. The average molecular weight is 409 g/mol. The normalized spacial score (nSPS) is 10.6. The van der Waals surface area contributed by atoms with Crippen molar-refractivity contribution in [1.29, 1.82) is 0 Å². The van der Waals surface area contributed by atoms with Gasteiger partial charge < -0.3 is 5.32 Å². The van der Waals surface area contributed by atoms with Crippen molar-refractivity contribution in [3.8, 4) is 0 Å². The Balaban J connectivity index is 1.73. The molecule has 0 fully saturated rings. The molecule has 0 spiro atoms. The zero-order valence-corrected chi connectivity index (χ0v) is 15.0. The van der Waals surface area contributed by atoms with Crippen LogP contribution in [0.25, 0.3) is 0 Å². The van der Waals surface area contributed by atoms with E-state index in [2.05, 4.69) is 10.4 Å². The minimum absolute atomic E-state index is 0.0550. The molecule has 0 atom stereocenters. The summed E-state index contributed by atoms with van der Waals surface area (Å²) in [5.74, 6) is -0.983. The Morgan fingerprint density at radius 2 is 2.00 bits per heavy atom. The smallest absolute Gasteiger partial charge is 0.288 e. The Bertz CT molecular complexity index is 1040. The Morgan fingerprint density at radius 1 is 1.22 bits per heavy atom. The second-order valence-corrected chi connectivity index (χ2v) is 6.35. The van der Waals surface area contributed by atoms with Gasteiger partial charge in [-0.3, -0.25) is 19.6 Å². The fourth-order valence-corrected chi connectivity index (χ4v) is 2.75. The van der Waals surface area contributed by atoms with Crippen LogP contribution < -0.4 is 5.32 Å². The van der Waals surface area contributed by atoms with Gasteiger partial charge >= 0.3 is 0 Å². The molecule has 0 radical (unpaired) electrons. The zero-order chi connectivity index (χ0) is 19.6. The fraction of sp³-hybridized carbons (Fsp3) is 0.0588. The lowest BCUT2D eigenvalue weighted by Crippen LogP contribution is -2.11. The minimum Gasteiger partial charge on any atom is -0.319 e. The summed E-state index contributed by atoms with van der Waals surface area (Å²) in [5.41, 5.74) is 0.773. The van der Waals surface area contributed by atoms with Crippen LogP contribution in [0.1, 0.15) is 15.9 Å². The van der Waals surface area contributed by atoms with Crippen molar-refractivity contribution < 1.29 is 14.1 Å². The van der Waals surface area contributed by atoms with Crippen molar-refractivity contribution in [2.45, 2.75) is 6.54 Å². The highest BCUT2D eigenvalue weighted by molar-refractivity contribution is 6.32. The van der Waals surface area contributed by atoms with E-state index in [1.807, 2.05) is 0 Å². The first-order valence-electron chi connectivity index (χ1n) is 7.55. The quantitative estimate of drug-likeness (QED) is 0.495. The van der Waals surface area contributed by atoms with Gasteiger partial charge in [-0.15, -0.1) is 0 Å². The van der Waals surface area contributed by atoms with Crippen LogP contribution in [0.2, 0.25) is 10.0 Å². The van der Waals surface area contributed by atoms with E-state index < -0.39 is 16.6 Å². The molecule has 0 aliphatic heterocycles. The second-order valence-electron chi connectivity index (χ2n) is 5.54. The number of hydrogen-bond acceptors (Lipinski definition) is 4. The number of carbonyl (C=O) groups is 1. The predicted octanol–water partition coefficient (Wildman–Crippen LogP) is 4.54. The summed E-state index contributed by atoms with van der Waals surface area (Å²) in [6, 6.07) is 7.81. The molecule has 0 bridgehead atoms. The summed E-state index contributed by atoms with van der Waals surface area (Å²) in [5, 5.41) is 17.8. The zero-order valence-electron chi connectivity index (χ0n) is 13.5. The van der Waals surface area contributed by atoms with Crippen LogP contribution in [0.15, 0.2) is 48.8 Å². The van der Waals surface area contributed by atoms with E-state index in [-0.39, 0.29) is 27.8 Å². The molecule has 1 aromatic heterocycles. The number of nitrogens with one attached hydrogen (secondary N) is 1. The van der Waals surface area contributed by atoms with Crippen LogP contribution in [-0.4, -0.2) is 20.6 Å². The maximum absolute atomic E-state index is 13.1. The summed E-state index contributed by atoms with van der Waals surface area (Å²) in [6.07, 6.45) is 2.97. The standard InChI is InChI=1S/C17H11Cl2FN4O3/c18-14-4-2-10(5-16(14)24(26)27)17(25)22-13-7-21-23(9-13)8-11-1-3-12(20)6-15(11)19/h1-7,9H,8H2,(H,22,25). The summed E-state index contributed by atoms with van der Waals surface area (Å²) in [7, 11) is 0. The molecule has 138 valence electrons. The van der Waals surface area contributed by atoms with Gasteiger partial charge in [0.25, 0.3) is 11.6 Å². The lowest BCUT2D eigenvalue weighted by molar-refractivity contribution is -0.384. The topological polar surface area (TPSA) is 90.1 Å². The van der Waals surface area contributed by atoms with Gasteiger partial charge in [-0.05, 0) is 29.8 Å². The third-order valence-corrected chi connectivity index (χ3v) is 4.32. The molecule has 0 saturated carbocycles. The maximum Gasteiger partial charge on any atom is 0.288 e. The average Bonchev–Trinajstić information content (AvgIpc) is 3.04. The number of hydrogen-bond donors (Lipinski definition) is 1. The molecule has 1 heterocycles. The van der Waals surface area contributed by atoms with Gasteiger partial charge in [0.1, 0.15) is 10.8 Å². The number of amides is 1. The van der Waals surface area contributed by atoms with E-state index in [9.17, 15) is 19.3 Å². The monoisotopic (exact) mass is 408 g/mol. The first-order valence-corrected chi connectivity index (χ1v) is 8.31. The molecule has 0 saturated heterocycles. The molecule has 0 unspecified atom stereocenters. The summed E-state index contributed by atoms with van der Waals surface area (Å²) < 4.78 is 14.6. The van der Waals surface area contributed by atoms with Crippen LogP contribution >= 0.6 is 23.2 Å². The van der Waals surface area contributed by atoms with E-state index in [0.717, 1.165) is 6.07 Å². The van der Waals surface area contributed by atoms with Crippen molar-refractivity contribution in [3.05, 3.63) is 85.9 Å². The summed E-state index contributed by atoms with van der Waals surface area (Å²) in [4.78, 5) is 22.5. The number of anilines is 1. The molecular weight excluding hydrogens is 398 g/mol. The van der Waals surface area contributed by atoms with Crippen LogP contribution in [0.4, 0.5) is 15.8 Å². The molecular formula is C17H11Cl2FN4O3. The van der Waals surface area contributed by atoms with Gasteiger partial charge in [0, 0.05) is 22.8 Å². The maximum atomic E-state index is 13.1. The number of nitro groups is 1. The Labute approximate surface area is 162 Å². The van der Waals surface area contributed by atoms with Crippen LogP contribution in [0.5, 0.6) is 0 Å². The number of nitro benzene ring substituents is 1. The van der Waals surface area contributed by atoms with Crippen LogP contribution in [0.3, 0.4) is 0 Å². The highest BCUT2D eigenvalue weighted by Crippen LogP contribution is 2.25. The third-order valence-electron chi connectivity index (χ3n) is 3.64. The molecule has 10 heteroatoms. The number of benzene rings is 2. The van der Waals surface area contributed by atoms with Crippen LogP contribution in [-0.2, 0) is 6.54 Å². The lowest BCUT2D eigenvalue weighted by Gasteiger charge is -2.05. The van der Waals surface area contributed by atoms with Crippen molar-refractivity contribution in [2.24, 2.45) is 0 Å². The van der Waals surface area contributed by atoms with Gasteiger partial charge in [0.05, 0.1) is 23.4 Å². The number of halogens is 3. The molecule has 0 aliphatic carbocycles. The SMILES string of the molecule is O=C(Nc1cnn(Cc2ccc(F)cc2Cl)c1)c1ccc(Cl)c([N+](=O)[O-])c1. The summed E-state index contributed by atoms with van der Waals surface area (Å²) >= 11 is 11.7. The Hall–Kier alpha value is -2.97. The van der Waals surface area contributed by atoms with Gasteiger partial charge in [0.2, 0.25) is 0 Å². The number of nitrogens with zero attached hydrogens (tertiary/aromatic N) is 3. The number of rotatable bonds is 5. The lowest BCUT2D eigenvalue weighted by atomic mass is 10.2. The fourth-order valence-electron chi connectivity index (χ4n) is 2.34. The highest BCUT2D eigenvalue weighted by Gasteiger charge is 2.17. The van der Waals surface area contributed by atoms with Crippen molar-refractivity contribution >= 4 is 40.5 Å². The largest absolute Gasteiger partial charge is 0.319 e. The van der Waals surface area contributed by atoms with Gasteiger partial charge in [-0.1, -0.05) is 29.3 Å². The molecule has 27 heavy (non-hydrogen) atoms. The van der Waals surface area contributed by atoms with E-state index in [0.29, 0.717) is 11.3 Å². The Kier molecular flexibility index (Phi) is 5.38. The number of carbonyl (C=O) groups excluding carboxylic acids is 1. The molecule has 2 aromatic carbocycles. The van der Waals surface area contributed by atoms with Gasteiger partial charge in [0.15, 0.2) is 0 Å². The molecule has 3 rings (SSSR count). The van der Waals surface area contributed by atoms with E-state index in [4.69, 9.17) is 23.2 Å². The van der Waals surface area contributed by atoms with Gasteiger partial charge in [-0.25, -0.2) is 4.39 Å². The highest BCUT2D eigenvalue weighted by atomic mass is 35.5. The molecule has 7 nitrogen and oxygen atoms in total. The molecule has 1 N–H and O–H groups in total. The third kappa shape index (κ3) is 4.42. The van der Waals surface area contributed by atoms with Gasteiger partial charge in [-0.2, -0.15) is 5.10 Å². The number of aromatic nitrogens is 2. The minimum atomic E-state index is -0.663. The van der Waals surface area contributed by atoms with Crippen molar-refractivity contribution in [1.82, 2.24) is 9.78 Å². The molecule has 0 aliphatic rings. The Morgan fingerprint density at radius 3 is 2.70 bits per heavy atom. The van der Waals surface area contributed by atoms with E-state index in [1.165, 1.54) is 35.1 Å². The van der Waals surface area contributed by atoms with Crippen molar-refractivity contribution in [2.75, 3.05) is 5.32 Å². The van der Waals surface area contributed by atoms with E-state index in [1.54, 1.807) is 12.3 Å². The van der Waals surface area contributed by atoms with Crippen molar-refractivity contribution in [3.63, 3.8) is 0 Å². The summed E-state index contributed by atoms with van der Waals surface area (Å²) in [6.45, 7) is 0.279. The first-order chi connectivity index (χ1) is 12.8. The predicted molar refractivity (Wildman–Crippen MR) is 98.8 cm³/mol.